The van der Waals surface area contributed by atoms with Crippen molar-refractivity contribution in [2.24, 2.45) is 0 Å². The molecule has 1 N–H and O–H groups in total. The number of nitrogens with one attached hydrogen (secondary N) is 1. The van der Waals surface area contributed by atoms with E-state index < -0.39 is 10.0 Å². The summed E-state index contributed by atoms with van der Waals surface area (Å²) in [5.74, 6) is 1.77. The van der Waals surface area contributed by atoms with Crippen LogP contribution in [0.4, 0.5) is 5.69 Å². The van der Waals surface area contributed by atoms with Crippen molar-refractivity contribution in [2.75, 3.05) is 29.8 Å². The Morgan fingerprint density at radius 2 is 1.82 bits per heavy atom. The third kappa shape index (κ3) is 6.38. The van der Waals surface area contributed by atoms with Crippen LogP contribution in [0.5, 0.6) is 0 Å². The molecule has 1 fully saturated rings. The van der Waals surface area contributed by atoms with Crippen molar-refractivity contribution in [1.82, 2.24) is 19.7 Å². The number of sulfonamides is 1. The standard InChI is InChI=1S/C22H27N5O4S2/c1-33(29,30)25-18-10-8-17(9-11-18)21-23-24-22(27(21)15-19-7-6-14-31-19)32-16-20(28)26-12-4-2-3-5-13-26/h6-11,14,25H,2-5,12-13,15-16H2,1H3. The average molecular weight is 490 g/mol. The first-order valence-electron chi connectivity index (χ1n) is 10.8. The van der Waals surface area contributed by atoms with Crippen LogP contribution >= 0.6 is 11.8 Å². The van der Waals surface area contributed by atoms with Gasteiger partial charge in [0.1, 0.15) is 5.76 Å². The molecule has 9 nitrogen and oxygen atoms in total. The van der Waals surface area contributed by atoms with Crippen LogP contribution < -0.4 is 4.72 Å². The normalized spacial score (nSPS) is 14.8. The summed E-state index contributed by atoms with van der Waals surface area (Å²) in [5, 5.41) is 9.33. The minimum atomic E-state index is -3.36. The summed E-state index contributed by atoms with van der Waals surface area (Å²) in [7, 11) is -3.36. The van der Waals surface area contributed by atoms with Crippen molar-refractivity contribution in [1.29, 1.82) is 0 Å². The van der Waals surface area contributed by atoms with Gasteiger partial charge < -0.3 is 9.32 Å². The van der Waals surface area contributed by atoms with Gasteiger partial charge in [-0.3, -0.25) is 14.1 Å². The number of benzene rings is 1. The minimum Gasteiger partial charge on any atom is -0.467 e. The maximum absolute atomic E-state index is 12.8. The highest BCUT2D eigenvalue weighted by atomic mass is 32.2. The fourth-order valence-electron chi connectivity index (χ4n) is 3.75. The smallest absolute Gasteiger partial charge is 0.233 e. The molecule has 3 heterocycles. The van der Waals surface area contributed by atoms with Crippen LogP contribution in [0.3, 0.4) is 0 Å². The van der Waals surface area contributed by atoms with E-state index in [1.165, 1.54) is 24.6 Å². The number of amides is 1. The van der Waals surface area contributed by atoms with Crippen LogP contribution in [0.15, 0.2) is 52.2 Å². The SMILES string of the molecule is CS(=O)(=O)Nc1ccc(-c2nnc(SCC(=O)N3CCCCCC3)n2Cc2ccco2)cc1. The monoisotopic (exact) mass is 489 g/mol. The van der Waals surface area contributed by atoms with Crippen LogP contribution in [-0.4, -0.2) is 59.1 Å². The van der Waals surface area contributed by atoms with Gasteiger partial charge in [0, 0.05) is 24.3 Å². The Bertz CT molecular complexity index is 1170. The quantitative estimate of drug-likeness (QED) is 0.483. The van der Waals surface area contributed by atoms with Crippen LogP contribution in [0, 0.1) is 0 Å². The molecule has 1 aromatic carbocycles. The van der Waals surface area contributed by atoms with Gasteiger partial charge in [-0.05, 0) is 49.2 Å². The largest absolute Gasteiger partial charge is 0.467 e. The lowest BCUT2D eigenvalue weighted by Gasteiger charge is -2.19. The highest BCUT2D eigenvalue weighted by Crippen LogP contribution is 2.27. The molecule has 176 valence electrons. The fourth-order valence-corrected chi connectivity index (χ4v) is 5.15. The molecule has 11 heteroatoms. The number of carbonyl (C=O) groups is 1. The molecule has 3 aromatic rings. The number of nitrogens with zero attached hydrogens (tertiary/aromatic N) is 4. The van der Waals surface area contributed by atoms with Crippen LogP contribution in [0.25, 0.3) is 11.4 Å². The number of thioether (sulfide) groups is 1. The molecule has 1 aliphatic rings. The number of aromatic nitrogens is 3. The zero-order valence-electron chi connectivity index (χ0n) is 18.4. The van der Waals surface area contributed by atoms with E-state index in [1.807, 2.05) is 21.6 Å². The van der Waals surface area contributed by atoms with Crippen molar-refractivity contribution < 1.29 is 17.6 Å². The first-order chi connectivity index (χ1) is 15.9. The number of hydrogen-bond donors (Lipinski definition) is 1. The van der Waals surface area contributed by atoms with Crippen molar-refractivity contribution in [2.45, 2.75) is 37.4 Å². The maximum atomic E-state index is 12.8. The lowest BCUT2D eigenvalue weighted by Crippen LogP contribution is -2.33. The number of furan rings is 1. The first kappa shape index (κ1) is 23.4. The molecular weight excluding hydrogens is 462 g/mol. The Morgan fingerprint density at radius 3 is 2.45 bits per heavy atom. The third-order valence-electron chi connectivity index (χ3n) is 5.34. The zero-order chi connectivity index (χ0) is 23.3. The molecule has 0 spiro atoms. The van der Waals surface area contributed by atoms with Gasteiger partial charge in [-0.2, -0.15) is 0 Å². The summed E-state index contributed by atoms with van der Waals surface area (Å²) in [5.41, 5.74) is 1.25. The van der Waals surface area contributed by atoms with Gasteiger partial charge >= 0.3 is 0 Å². The van der Waals surface area contributed by atoms with Crippen molar-refractivity contribution in [3.05, 3.63) is 48.4 Å². The summed E-state index contributed by atoms with van der Waals surface area (Å²) in [6.45, 7) is 2.05. The van der Waals surface area contributed by atoms with E-state index in [0.717, 1.165) is 43.5 Å². The number of anilines is 1. The molecule has 33 heavy (non-hydrogen) atoms. The van der Waals surface area contributed by atoms with Gasteiger partial charge in [-0.25, -0.2) is 8.42 Å². The number of rotatable bonds is 8. The molecule has 0 bridgehead atoms. The summed E-state index contributed by atoms with van der Waals surface area (Å²) >= 11 is 1.37. The highest BCUT2D eigenvalue weighted by Gasteiger charge is 2.20. The van der Waals surface area contributed by atoms with Crippen molar-refractivity contribution in [3.63, 3.8) is 0 Å². The van der Waals surface area contributed by atoms with E-state index in [2.05, 4.69) is 14.9 Å². The van der Waals surface area contributed by atoms with Crippen LogP contribution in [0.1, 0.15) is 31.4 Å². The first-order valence-corrected chi connectivity index (χ1v) is 13.7. The number of hydrogen-bond acceptors (Lipinski definition) is 7. The van der Waals surface area contributed by atoms with Crippen LogP contribution in [-0.2, 0) is 21.4 Å². The molecule has 1 amide bonds. The predicted molar refractivity (Wildman–Crippen MR) is 128 cm³/mol. The highest BCUT2D eigenvalue weighted by molar-refractivity contribution is 7.99. The van der Waals surface area contributed by atoms with Gasteiger partial charge in [-0.1, -0.05) is 24.6 Å². The Morgan fingerprint density at radius 1 is 1.09 bits per heavy atom. The summed E-state index contributed by atoms with van der Waals surface area (Å²) in [6, 6.07) is 10.6. The molecule has 0 aliphatic carbocycles. The third-order valence-corrected chi connectivity index (χ3v) is 6.90. The maximum Gasteiger partial charge on any atom is 0.233 e. The second kappa shape index (κ2) is 10.4. The lowest BCUT2D eigenvalue weighted by atomic mass is 10.2. The fraction of sp³-hybridized carbons (Fsp3) is 0.409. The topological polar surface area (TPSA) is 110 Å². The Balaban J connectivity index is 1.54. The predicted octanol–water partition coefficient (Wildman–Crippen LogP) is 3.45. The molecule has 1 saturated heterocycles. The molecule has 0 saturated carbocycles. The van der Waals surface area contributed by atoms with E-state index in [-0.39, 0.29) is 5.91 Å². The van der Waals surface area contributed by atoms with E-state index in [1.54, 1.807) is 30.5 Å². The minimum absolute atomic E-state index is 0.118. The molecule has 1 aliphatic heterocycles. The van der Waals surface area contributed by atoms with Gasteiger partial charge in [0.2, 0.25) is 15.9 Å². The van der Waals surface area contributed by atoms with E-state index in [0.29, 0.717) is 29.0 Å². The number of likely N-dealkylation sites (tertiary alicyclic amines) is 1. The van der Waals surface area contributed by atoms with E-state index in [4.69, 9.17) is 4.42 Å². The van der Waals surface area contributed by atoms with E-state index >= 15 is 0 Å². The molecular formula is C22H27N5O4S2. The van der Waals surface area contributed by atoms with Crippen molar-refractivity contribution in [3.8, 4) is 11.4 Å². The summed E-state index contributed by atoms with van der Waals surface area (Å²) in [6.07, 6.45) is 7.18. The van der Waals surface area contributed by atoms with Crippen molar-refractivity contribution >= 4 is 33.4 Å². The average Bonchev–Trinajstić information content (AvgIpc) is 3.34. The van der Waals surface area contributed by atoms with Gasteiger partial charge in [0.05, 0.1) is 24.8 Å². The van der Waals surface area contributed by atoms with Gasteiger partial charge in [0.15, 0.2) is 11.0 Å². The molecule has 0 atom stereocenters. The summed E-state index contributed by atoms with van der Waals surface area (Å²) in [4.78, 5) is 14.7. The zero-order valence-corrected chi connectivity index (χ0v) is 20.1. The second-order valence-electron chi connectivity index (χ2n) is 8.01. The summed E-state index contributed by atoms with van der Waals surface area (Å²) < 4.78 is 32.8. The van der Waals surface area contributed by atoms with Gasteiger partial charge in [-0.15, -0.1) is 10.2 Å². The lowest BCUT2D eigenvalue weighted by molar-refractivity contribution is -0.128. The van der Waals surface area contributed by atoms with Crippen LogP contribution in [0.2, 0.25) is 0 Å². The Hall–Kier alpha value is -2.79. The van der Waals surface area contributed by atoms with E-state index in [9.17, 15) is 13.2 Å². The van der Waals surface area contributed by atoms with Gasteiger partial charge in [0.25, 0.3) is 0 Å². The Labute approximate surface area is 197 Å². The Kier molecular flexibility index (Phi) is 7.39. The number of carbonyl (C=O) groups excluding carboxylic acids is 1. The molecule has 0 radical (unpaired) electrons. The second-order valence-corrected chi connectivity index (χ2v) is 10.7. The molecule has 0 unspecified atom stereocenters. The molecule has 2 aromatic heterocycles. The molecule has 4 rings (SSSR count).